The molecule has 0 saturated carbocycles. The number of ether oxygens (including phenoxy) is 1. The average Bonchev–Trinajstić information content (AvgIpc) is 2.38. The van der Waals surface area contributed by atoms with Gasteiger partial charge in [0.1, 0.15) is 0 Å². The number of sulfonamides is 1. The molecule has 112 valence electrons. The van der Waals surface area contributed by atoms with Crippen LogP contribution in [0, 0.1) is 10.1 Å². The maximum absolute atomic E-state index is 12.3. The van der Waals surface area contributed by atoms with Crippen LogP contribution in [0.4, 0.5) is 5.69 Å². The molecular formula is C11H15ClN2O5S. The van der Waals surface area contributed by atoms with Crippen molar-refractivity contribution in [1.29, 1.82) is 0 Å². The Labute approximate surface area is 122 Å². The first-order valence-corrected chi connectivity index (χ1v) is 7.51. The minimum atomic E-state index is -3.93. The fourth-order valence-electron chi connectivity index (χ4n) is 1.57. The molecule has 0 aliphatic carbocycles. The first-order valence-electron chi connectivity index (χ1n) is 5.70. The van der Waals surface area contributed by atoms with Gasteiger partial charge in [-0.05, 0) is 18.6 Å². The molecule has 0 unspecified atom stereocenters. The lowest BCUT2D eigenvalue weighted by atomic mass is 10.3. The number of benzene rings is 1. The maximum Gasteiger partial charge on any atom is 0.290 e. The standard InChI is InChI=1S/C11H15ClN2O5S/c1-13(6-3-7-19-2)20(17,18)11-5-4-9(12)8-10(11)14(15)16/h4-5,8H,3,6-7H2,1-2H3. The highest BCUT2D eigenvalue weighted by atomic mass is 35.5. The number of rotatable bonds is 7. The summed E-state index contributed by atoms with van der Waals surface area (Å²) in [5, 5.41) is 11.1. The van der Waals surface area contributed by atoms with E-state index >= 15 is 0 Å². The van der Waals surface area contributed by atoms with Gasteiger partial charge in [-0.2, -0.15) is 0 Å². The van der Waals surface area contributed by atoms with Crippen LogP contribution in [0.15, 0.2) is 23.1 Å². The molecule has 1 aromatic carbocycles. The maximum atomic E-state index is 12.3. The summed E-state index contributed by atoms with van der Waals surface area (Å²) in [6, 6.07) is 3.48. The van der Waals surface area contributed by atoms with Crippen molar-refractivity contribution in [2.45, 2.75) is 11.3 Å². The third-order valence-corrected chi connectivity index (χ3v) is 4.77. The smallest absolute Gasteiger partial charge is 0.290 e. The van der Waals surface area contributed by atoms with Crippen LogP contribution in [-0.4, -0.2) is 45.0 Å². The lowest BCUT2D eigenvalue weighted by Gasteiger charge is -2.16. The number of nitrogens with zero attached hydrogens (tertiary/aromatic N) is 2. The van der Waals surface area contributed by atoms with Gasteiger partial charge in [-0.15, -0.1) is 0 Å². The Morgan fingerprint density at radius 1 is 1.45 bits per heavy atom. The van der Waals surface area contributed by atoms with Crippen LogP contribution in [0.1, 0.15) is 6.42 Å². The summed E-state index contributed by atoms with van der Waals surface area (Å²) in [4.78, 5) is 9.82. The number of hydrogen-bond donors (Lipinski definition) is 0. The van der Waals surface area contributed by atoms with Crippen molar-refractivity contribution < 1.29 is 18.1 Å². The summed E-state index contributed by atoms with van der Waals surface area (Å²) in [6.07, 6.45) is 0.494. The number of nitro groups is 1. The number of methoxy groups -OCH3 is 1. The predicted molar refractivity (Wildman–Crippen MR) is 74.4 cm³/mol. The highest BCUT2D eigenvalue weighted by Gasteiger charge is 2.29. The molecule has 0 radical (unpaired) electrons. The molecule has 1 aromatic rings. The molecule has 0 saturated heterocycles. The Morgan fingerprint density at radius 3 is 2.65 bits per heavy atom. The van der Waals surface area contributed by atoms with Gasteiger partial charge in [-0.3, -0.25) is 10.1 Å². The van der Waals surface area contributed by atoms with Gasteiger partial charge in [-0.25, -0.2) is 12.7 Å². The molecule has 20 heavy (non-hydrogen) atoms. The van der Waals surface area contributed by atoms with Crippen molar-refractivity contribution in [1.82, 2.24) is 4.31 Å². The molecule has 0 N–H and O–H groups in total. The minimum Gasteiger partial charge on any atom is -0.385 e. The van der Waals surface area contributed by atoms with Crippen molar-refractivity contribution in [3.05, 3.63) is 33.3 Å². The van der Waals surface area contributed by atoms with Crippen LogP contribution in [0.3, 0.4) is 0 Å². The molecular weight excluding hydrogens is 308 g/mol. The molecule has 0 atom stereocenters. The third kappa shape index (κ3) is 3.89. The minimum absolute atomic E-state index is 0.109. The zero-order valence-electron chi connectivity index (χ0n) is 11.1. The van der Waals surface area contributed by atoms with Gasteiger partial charge in [0.15, 0.2) is 4.90 Å². The second-order valence-corrected chi connectivity index (χ2v) is 6.49. The highest BCUT2D eigenvalue weighted by molar-refractivity contribution is 7.89. The third-order valence-electron chi connectivity index (χ3n) is 2.63. The van der Waals surface area contributed by atoms with Gasteiger partial charge in [0.05, 0.1) is 4.92 Å². The van der Waals surface area contributed by atoms with Gasteiger partial charge in [0.25, 0.3) is 5.69 Å². The van der Waals surface area contributed by atoms with Crippen LogP contribution in [-0.2, 0) is 14.8 Å². The van der Waals surface area contributed by atoms with Crippen molar-refractivity contribution in [2.24, 2.45) is 0 Å². The van der Waals surface area contributed by atoms with Crippen LogP contribution in [0.25, 0.3) is 0 Å². The Morgan fingerprint density at radius 2 is 2.10 bits per heavy atom. The molecule has 9 heteroatoms. The Balaban J connectivity index is 3.12. The van der Waals surface area contributed by atoms with E-state index in [-0.39, 0.29) is 16.5 Å². The van der Waals surface area contributed by atoms with Gasteiger partial charge < -0.3 is 4.74 Å². The molecule has 0 spiro atoms. The average molecular weight is 323 g/mol. The summed E-state index contributed by atoms with van der Waals surface area (Å²) < 4.78 is 30.5. The summed E-state index contributed by atoms with van der Waals surface area (Å²) in [7, 11) is -1.06. The number of hydrogen-bond acceptors (Lipinski definition) is 5. The Hall–Kier alpha value is -1.22. The predicted octanol–water partition coefficient (Wildman–Crippen LogP) is 1.91. The van der Waals surface area contributed by atoms with E-state index in [2.05, 4.69) is 0 Å². The second kappa shape index (κ2) is 6.98. The van der Waals surface area contributed by atoms with Crippen LogP contribution >= 0.6 is 11.6 Å². The highest BCUT2D eigenvalue weighted by Crippen LogP contribution is 2.29. The lowest BCUT2D eigenvalue weighted by Crippen LogP contribution is -2.29. The monoisotopic (exact) mass is 322 g/mol. The van der Waals surface area contributed by atoms with Crippen molar-refractivity contribution in [2.75, 3.05) is 27.3 Å². The number of nitro benzene ring substituents is 1. The molecule has 0 aliphatic rings. The summed E-state index contributed by atoms with van der Waals surface area (Å²) >= 11 is 5.66. The fourth-order valence-corrected chi connectivity index (χ4v) is 3.08. The molecule has 7 nitrogen and oxygen atoms in total. The largest absolute Gasteiger partial charge is 0.385 e. The van der Waals surface area contributed by atoms with E-state index in [0.717, 1.165) is 16.4 Å². The summed E-state index contributed by atoms with van der Waals surface area (Å²) in [5.41, 5.74) is -0.531. The fraction of sp³-hybridized carbons (Fsp3) is 0.455. The van der Waals surface area contributed by atoms with Gasteiger partial charge in [0.2, 0.25) is 10.0 Å². The van der Waals surface area contributed by atoms with Crippen LogP contribution in [0.2, 0.25) is 5.02 Å². The van der Waals surface area contributed by atoms with E-state index in [0.29, 0.717) is 13.0 Å². The molecule has 0 amide bonds. The SMILES string of the molecule is COCCCN(C)S(=O)(=O)c1ccc(Cl)cc1[N+](=O)[O-]. The van der Waals surface area contributed by atoms with E-state index in [1.807, 2.05) is 0 Å². The van der Waals surface area contributed by atoms with Gasteiger partial charge in [-0.1, -0.05) is 11.6 Å². The quantitative estimate of drug-likeness (QED) is 0.434. The van der Waals surface area contributed by atoms with Crippen molar-refractivity contribution >= 4 is 27.3 Å². The molecule has 0 fully saturated rings. The first-order chi connectivity index (χ1) is 9.30. The number of halogens is 1. The van der Waals surface area contributed by atoms with E-state index in [1.165, 1.54) is 20.2 Å². The summed E-state index contributed by atoms with van der Waals surface area (Å²) in [6.45, 7) is 0.610. The zero-order chi connectivity index (χ0) is 15.3. The van der Waals surface area contributed by atoms with Crippen LogP contribution in [0.5, 0.6) is 0 Å². The normalized spacial score (nSPS) is 11.8. The topological polar surface area (TPSA) is 89.8 Å². The molecule has 1 rings (SSSR count). The summed E-state index contributed by atoms with van der Waals surface area (Å²) in [5.74, 6) is 0. The molecule has 0 aromatic heterocycles. The van der Waals surface area contributed by atoms with Gasteiger partial charge >= 0.3 is 0 Å². The Kier molecular flexibility index (Phi) is 5.88. The zero-order valence-corrected chi connectivity index (χ0v) is 12.6. The van der Waals surface area contributed by atoms with E-state index in [4.69, 9.17) is 16.3 Å². The molecule has 0 heterocycles. The second-order valence-electron chi connectivity index (χ2n) is 4.04. The van der Waals surface area contributed by atoms with E-state index in [1.54, 1.807) is 0 Å². The van der Waals surface area contributed by atoms with Gasteiger partial charge in [0, 0.05) is 38.4 Å². The van der Waals surface area contributed by atoms with E-state index < -0.39 is 20.6 Å². The molecule has 0 bridgehead atoms. The van der Waals surface area contributed by atoms with E-state index in [9.17, 15) is 18.5 Å². The lowest BCUT2D eigenvalue weighted by molar-refractivity contribution is -0.387. The first kappa shape index (κ1) is 16.8. The van der Waals surface area contributed by atoms with Crippen molar-refractivity contribution in [3.63, 3.8) is 0 Å². The molecule has 0 aliphatic heterocycles. The Bertz CT molecular complexity index is 590. The van der Waals surface area contributed by atoms with Crippen LogP contribution < -0.4 is 0 Å². The van der Waals surface area contributed by atoms with Crippen molar-refractivity contribution in [3.8, 4) is 0 Å².